The summed E-state index contributed by atoms with van der Waals surface area (Å²) in [5, 5.41) is 3.43. The van der Waals surface area contributed by atoms with Gasteiger partial charge in [0.2, 0.25) is 11.8 Å². The van der Waals surface area contributed by atoms with Crippen LogP contribution >= 0.6 is 11.6 Å². The van der Waals surface area contributed by atoms with E-state index in [1.54, 1.807) is 65.6 Å². The van der Waals surface area contributed by atoms with Crippen molar-refractivity contribution in [2.45, 2.75) is 12.8 Å². The van der Waals surface area contributed by atoms with Crippen molar-refractivity contribution in [2.75, 3.05) is 16.8 Å². The molecule has 1 N–H and O–H groups in total. The molecule has 1 aromatic heterocycles. The van der Waals surface area contributed by atoms with Gasteiger partial charge in [0.05, 0.1) is 11.9 Å². The maximum absolute atomic E-state index is 12.5. The Labute approximate surface area is 173 Å². The molecule has 0 aliphatic carbocycles. The number of pyridine rings is 1. The van der Waals surface area contributed by atoms with Crippen molar-refractivity contribution in [3.63, 3.8) is 0 Å². The van der Waals surface area contributed by atoms with Crippen LogP contribution in [0.4, 0.5) is 11.4 Å². The lowest BCUT2D eigenvalue weighted by Crippen LogP contribution is -2.23. The molecule has 146 valence electrons. The fraction of sp³-hybridized carbons (Fsp3) is 0.136. The minimum absolute atomic E-state index is 0.120. The van der Waals surface area contributed by atoms with Crippen LogP contribution in [0.25, 0.3) is 0 Å². The zero-order valence-electron chi connectivity index (χ0n) is 15.5. The topological polar surface area (TPSA) is 71.5 Å². The molecule has 0 radical (unpaired) electrons. The first kappa shape index (κ1) is 19.0. The predicted molar refractivity (Wildman–Crippen MR) is 112 cm³/mol. The highest BCUT2D eigenvalue weighted by atomic mass is 35.5. The number of ether oxygens (including phenoxy) is 1. The van der Waals surface area contributed by atoms with Gasteiger partial charge in [-0.2, -0.15) is 0 Å². The second kappa shape index (κ2) is 8.32. The predicted octanol–water partition coefficient (Wildman–Crippen LogP) is 4.91. The van der Waals surface area contributed by atoms with Gasteiger partial charge in [0, 0.05) is 35.3 Å². The minimum atomic E-state index is -0.252. The molecule has 0 spiro atoms. The van der Waals surface area contributed by atoms with Crippen LogP contribution < -0.4 is 15.0 Å². The highest BCUT2D eigenvalue weighted by molar-refractivity contribution is 6.30. The molecule has 1 aliphatic rings. The van der Waals surface area contributed by atoms with Gasteiger partial charge in [-0.05, 0) is 61.0 Å². The van der Waals surface area contributed by atoms with Crippen molar-refractivity contribution in [1.29, 1.82) is 0 Å². The van der Waals surface area contributed by atoms with Gasteiger partial charge >= 0.3 is 0 Å². The Kier molecular flexibility index (Phi) is 5.44. The molecule has 0 atom stereocenters. The van der Waals surface area contributed by atoms with Crippen LogP contribution in [0.2, 0.25) is 5.02 Å². The van der Waals surface area contributed by atoms with E-state index in [2.05, 4.69) is 10.3 Å². The van der Waals surface area contributed by atoms with Crippen LogP contribution in [0.15, 0.2) is 66.9 Å². The van der Waals surface area contributed by atoms with Crippen molar-refractivity contribution in [3.05, 3.63) is 77.4 Å². The maximum Gasteiger partial charge on any atom is 0.255 e. The molecule has 7 heteroatoms. The van der Waals surface area contributed by atoms with Crippen molar-refractivity contribution in [1.82, 2.24) is 4.98 Å². The first-order valence-electron chi connectivity index (χ1n) is 9.20. The van der Waals surface area contributed by atoms with Crippen molar-refractivity contribution in [2.24, 2.45) is 0 Å². The van der Waals surface area contributed by atoms with Crippen molar-refractivity contribution < 1.29 is 14.3 Å². The number of carbonyl (C=O) groups excluding carboxylic acids is 2. The number of aromatic nitrogens is 1. The second-order valence-electron chi connectivity index (χ2n) is 6.59. The number of hydrogen-bond donors (Lipinski definition) is 1. The summed E-state index contributed by atoms with van der Waals surface area (Å²) in [6, 6.07) is 17.4. The average Bonchev–Trinajstić information content (AvgIpc) is 3.17. The van der Waals surface area contributed by atoms with Crippen LogP contribution in [-0.2, 0) is 4.79 Å². The molecule has 3 aromatic rings. The van der Waals surface area contributed by atoms with E-state index in [1.807, 2.05) is 0 Å². The molecule has 4 rings (SSSR count). The van der Waals surface area contributed by atoms with E-state index in [9.17, 15) is 9.59 Å². The zero-order valence-corrected chi connectivity index (χ0v) is 16.2. The van der Waals surface area contributed by atoms with E-state index in [-0.39, 0.29) is 11.8 Å². The number of halogens is 1. The Morgan fingerprint density at radius 1 is 1.03 bits per heavy atom. The molecule has 1 saturated heterocycles. The molecule has 2 amide bonds. The number of carbonyl (C=O) groups is 2. The van der Waals surface area contributed by atoms with Gasteiger partial charge in [-0.3, -0.25) is 9.59 Å². The number of benzene rings is 2. The monoisotopic (exact) mass is 407 g/mol. The molecular formula is C22H18ClN3O3. The third-order valence-corrected chi connectivity index (χ3v) is 4.80. The van der Waals surface area contributed by atoms with E-state index >= 15 is 0 Å². The minimum Gasteiger partial charge on any atom is -0.439 e. The first-order chi connectivity index (χ1) is 14.1. The second-order valence-corrected chi connectivity index (χ2v) is 7.03. The highest BCUT2D eigenvalue weighted by Crippen LogP contribution is 2.24. The van der Waals surface area contributed by atoms with Crippen molar-refractivity contribution >= 4 is 34.8 Å². The zero-order chi connectivity index (χ0) is 20.2. The van der Waals surface area contributed by atoms with Crippen LogP contribution in [0, 0.1) is 0 Å². The summed E-state index contributed by atoms with van der Waals surface area (Å²) < 4.78 is 5.63. The summed E-state index contributed by atoms with van der Waals surface area (Å²) in [4.78, 5) is 30.2. The van der Waals surface area contributed by atoms with Gasteiger partial charge in [0.1, 0.15) is 5.75 Å². The van der Waals surface area contributed by atoms with Gasteiger partial charge in [0.15, 0.2) is 0 Å². The van der Waals surface area contributed by atoms with Gasteiger partial charge < -0.3 is 15.0 Å². The normalized spacial score (nSPS) is 13.4. The Hall–Kier alpha value is -3.38. The van der Waals surface area contributed by atoms with Gasteiger partial charge in [-0.15, -0.1) is 0 Å². The fourth-order valence-electron chi connectivity index (χ4n) is 3.06. The molecule has 0 unspecified atom stereocenters. The van der Waals surface area contributed by atoms with Gasteiger partial charge in [-0.1, -0.05) is 11.6 Å². The summed E-state index contributed by atoms with van der Waals surface area (Å²) in [5.74, 6) is 0.895. The molecular weight excluding hydrogens is 390 g/mol. The smallest absolute Gasteiger partial charge is 0.255 e. The lowest BCUT2D eigenvalue weighted by atomic mass is 10.2. The largest absolute Gasteiger partial charge is 0.439 e. The van der Waals surface area contributed by atoms with Gasteiger partial charge in [0.25, 0.3) is 5.91 Å². The van der Waals surface area contributed by atoms with E-state index < -0.39 is 0 Å². The van der Waals surface area contributed by atoms with E-state index in [4.69, 9.17) is 16.3 Å². The molecule has 1 aliphatic heterocycles. The van der Waals surface area contributed by atoms with E-state index in [0.29, 0.717) is 34.3 Å². The molecule has 0 bridgehead atoms. The molecule has 2 aromatic carbocycles. The van der Waals surface area contributed by atoms with Crippen molar-refractivity contribution in [3.8, 4) is 11.6 Å². The summed E-state index contributed by atoms with van der Waals surface area (Å²) in [6.07, 6.45) is 2.97. The van der Waals surface area contributed by atoms with Crippen LogP contribution in [0.1, 0.15) is 23.2 Å². The summed E-state index contributed by atoms with van der Waals surface area (Å²) in [5.41, 5.74) is 1.87. The van der Waals surface area contributed by atoms with Crippen LogP contribution in [0.5, 0.6) is 11.6 Å². The number of hydrogen-bond acceptors (Lipinski definition) is 4. The number of nitrogens with zero attached hydrogens (tertiary/aromatic N) is 2. The lowest BCUT2D eigenvalue weighted by molar-refractivity contribution is -0.117. The maximum atomic E-state index is 12.5. The highest BCUT2D eigenvalue weighted by Gasteiger charge is 2.21. The Morgan fingerprint density at radius 3 is 2.41 bits per heavy atom. The fourth-order valence-corrected chi connectivity index (χ4v) is 3.18. The van der Waals surface area contributed by atoms with Crippen LogP contribution in [-0.4, -0.2) is 23.3 Å². The lowest BCUT2D eigenvalue weighted by Gasteiger charge is -2.15. The number of amides is 2. The molecule has 1 fully saturated rings. The number of anilines is 2. The SMILES string of the molecule is O=C(Nc1ccc(Oc2ccc(Cl)cc2)nc1)c1ccc(N2CCCC2=O)cc1. The molecule has 2 heterocycles. The van der Waals surface area contributed by atoms with E-state index in [1.165, 1.54) is 6.20 Å². The molecule has 29 heavy (non-hydrogen) atoms. The third-order valence-electron chi connectivity index (χ3n) is 4.54. The summed E-state index contributed by atoms with van der Waals surface area (Å²) in [7, 11) is 0. The number of nitrogens with one attached hydrogen (secondary N) is 1. The summed E-state index contributed by atoms with van der Waals surface area (Å²) >= 11 is 5.85. The number of rotatable bonds is 5. The average molecular weight is 408 g/mol. The Bertz CT molecular complexity index is 1020. The standard InChI is InChI=1S/C22H18ClN3O3/c23-16-5-10-19(11-6-16)29-20-12-7-17(14-24-20)25-22(28)15-3-8-18(9-4-15)26-13-1-2-21(26)27/h3-12,14H,1-2,13H2,(H,25,28). The molecule has 6 nitrogen and oxygen atoms in total. The first-order valence-corrected chi connectivity index (χ1v) is 9.57. The van der Waals surface area contributed by atoms with E-state index in [0.717, 1.165) is 18.7 Å². The van der Waals surface area contributed by atoms with Crippen LogP contribution in [0.3, 0.4) is 0 Å². The quantitative estimate of drug-likeness (QED) is 0.652. The summed E-state index contributed by atoms with van der Waals surface area (Å²) in [6.45, 7) is 0.723. The third kappa shape index (κ3) is 4.55. The van der Waals surface area contributed by atoms with Gasteiger partial charge in [-0.25, -0.2) is 4.98 Å². The molecule has 0 saturated carbocycles. The Morgan fingerprint density at radius 2 is 1.79 bits per heavy atom. The Balaban J connectivity index is 1.37.